The molecule has 0 amide bonds. The van der Waals surface area contributed by atoms with Gasteiger partial charge in [0.15, 0.2) is 0 Å². The van der Waals surface area contributed by atoms with Gasteiger partial charge in [-0.1, -0.05) is 17.2 Å². The van der Waals surface area contributed by atoms with E-state index in [0.717, 1.165) is 36.4 Å². The lowest BCUT2D eigenvalue weighted by atomic mass is 9.93. The standard InChI is InChI=1S/C15H14F2N2O3.C12H10F2N2O2/c16-10-1-2-12(17)11(7-10)15-18-14(22-19-15)8-13(20)9-3-5-21-6-4-9;1-2-8(17)6-11-15-12(16-18-11)9-5-7(13)3-4-10(9)14/h1-2,7,9H,3-6,8H2;3-5H,2,6H2,1H3. The largest absolute Gasteiger partial charge is 0.381 e. The molecule has 1 aliphatic rings. The van der Waals surface area contributed by atoms with Gasteiger partial charge in [0.2, 0.25) is 23.4 Å². The first-order valence-electron chi connectivity index (χ1n) is 12.4. The van der Waals surface area contributed by atoms with E-state index in [-0.39, 0.29) is 64.9 Å². The number of hydrogen-bond acceptors (Lipinski definition) is 9. The lowest BCUT2D eigenvalue weighted by Gasteiger charge is -2.19. The molecule has 13 heteroatoms. The topological polar surface area (TPSA) is 121 Å². The van der Waals surface area contributed by atoms with E-state index in [0.29, 0.717) is 32.5 Å². The van der Waals surface area contributed by atoms with Crippen LogP contribution in [0.4, 0.5) is 17.6 Å². The molecule has 5 rings (SSSR count). The molecule has 3 heterocycles. The van der Waals surface area contributed by atoms with Crippen LogP contribution in [0, 0.1) is 29.2 Å². The molecule has 1 fully saturated rings. The van der Waals surface area contributed by atoms with Gasteiger partial charge in [-0.2, -0.15) is 9.97 Å². The third kappa shape index (κ3) is 7.44. The first-order chi connectivity index (χ1) is 19.2. The molecule has 0 radical (unpaired) electrons. The summed E-state index contributed by atoms with van der Waals surface area (Å²) in [6.45, 7) is 2.85. The molecule has 0 aliphatic carbocycles. The molecule has 4 aromatic rings. The fourth-order valence-corrected chi connectivity index (χ4v) is 3.82. The van der Waals surface area contributed by atoms with E-state index >= 15 is 0 Å². The smallest absolute Gasteiger partial charge is 0.234 e. The Balaban J connectivity index is 0.000000189. The Morgan fingerprint density at radius 1 is 0.800 bits per heavy atom. The quantitative estimate of drug-likeness (QED) is 0.271. The van der Waals surface area contributed by atoms with Crippen molar-refractivity contribution in [1.29, 1.82) is 0 Å². The van der Waals surface area contributed by atoms with Crippen LogP contribution in [0.15, 0.2) is 45.4 Å². The number of ketones is 2. The number of aromatic nitrogens is 4. The monoisotopic (exact) mass is 560 g/mol. The highest BCUT2D eigenvalue weighted by molar-refractivity contribution is 5.82. The summed E-state index contributed by atoms with van der Waals surface area (Å²) in [6, 6.07) is 5.95. The van der Waals surface area contributed by atoms with E-state index in [9.17, 15) is 27.2 Å². The number of hydrogen-bond donors (Lipinski definition) is 0. The Hall–Kier alpha value is -4.26. The predicted molar refractivity (Wildman–Crippen MR) is 131 cm³/mol. The van der Waals surface area contributed by atoms with Gasteiger partial charge >= 0.3 is 0 Å². The summed E-state index contributed by atoms with van der Waals surface area (Å²) < 4.78 is 68.3. The van der Waals surface area contributed by atoms with Crippen molar-refractivity contribution >= 4 is 11.6 Å². The van der Waals surface area contributed by atoms with E-state index in [4.69, 9.17) is 13.8 Å². The molecular weight excluding hydrogens is 536 g/mol. The van der Waals surface area contributed by atoms with Crippen LogP contribution in [0.25, 0.3) is 22.8 Å². The van der Waals surface area contributed by atoms with Crippen molar-refractivity contribution in [3.8, 4) is 22.8 Å². The van der Waals surface area contributed by atoms with Gasteiger partial charge in [-0.25, -0.2) is 17.6 Å². The second-order valence-corrected chi connectivity index (χ2v) is 8.87. The Bertz CT molecular complexity index is 1480. The van der Waals surface area contributed by atoms with E-state index in [1.807, 2.05) is 0 Å². The van der Waals surface area contributed by atoms with Crippen LogP contribution < -0.4 is 0 Å². The molecule has 2 aromatic carbocycles. The summed E-state index contributed by atoms with van der Waals surface area (Å²) in [5.41, 5.74) is -0.178. The highest BCUT2D eigenvalue weighted by Crippen LogP contribution is 2.23. The second kappa shape index (κ2) is 13.2. The molecule has 0 atom stereocenters. The molecule has 9 nitrogen and oxygen atoms in total. The third-order valence-electron chi connectivity index (χ3n) is 6.02. The van der Waals surface area contributed by atoms with Gasteiger partial charge < -0.3 is 13.8 Å². The Morgan fingerprint density at radius 3 is 1.80 bits per heavy atom. The van der Waals surface area contributed by atoms with Crippen molar-refractivity contribution < 1.29 is 40.9 Å². The minimum atomic E-state index is -0.649. The number of nitrogens with zero attached hydrogens (tertiary/aromatic N) is 4. The third-order valence-corrected chi connectivity index (χ3v) is 6.02. The zero-order chi connectivity index (χ0) is 28.6. The van der Waals surface area contributed by atoms with Gasteiger partial charge in [0, 0.05) is 25.6 Å². The zero-order valence-electron chi connectivity index (χ0n) is 21.3. The van der Waals surface area contributed by atoms with Crippen molar-refractivity contribution in [2.24, 2.45) is 5.92 Å². The van der Waals surface area contributed by atoms with Gasteiger partial charge in [-0.3, -0.25) is 9.59 Å². The SMILES string of the molecule is CCC(=O)Cc1nc(-c2cc(F)ccc2F)no1.O=C(Cc1nc(-c2cc(F)ccc2F)no1)C1CCOCC1. The van der Waals surface area contributed by atoms with Crippen LogP contribution in [0.5, 0.6) is 0 Å². The van der Waals surface area contributed by atoms with Gasteiger partial charge in [0.05, 0.1) is 24.0 Å². The lowest BCUT2D eigenvalue weighted by Crippen LogP contribution is -2.24. The first-order valence-corrected chi connectivity index (χ1v) is 12.4. The molecule has 0 unspecified atom stereocenters. The van der Waals surface area contributed by atoms with Crippen LogP contribution in [0.2, 0.25) is 0 Å². The molecular formula is C27H24F4N4O5. The molecule has 0 bridgehead atoms. The average Bonchev–Trinajstić information content (AvgIpc) is 3.62. The van der Waals surface area contributed by atoms with Crippen LogP contribution >= 0.6 is 0 Å². The van der Waals surface area contributed by atoms with Crippen LogP contribution in [0.1, 0.15) is 38.0 Å². The fourth-order valence-electron chi connectivity index (χ4n) is 3.82. The van der Waals surface area contributed by atoms with Crippen molar-refractivity contribution in [3.63, 3.8) is 0 Å². The molecule has 210 valence electrons. The number of carbonyl (C=O) groups is 2. The van der Waals surface area contributed by atoms with Crippen molar-refractivity contribution in [1.82, 2.24) is 20.3 Å². The summed E-state index contributed by atoms with van der Waals surface area (Å²) in [5, 5.41) is 7.15. The maximum absolute atomic E-state index is 13.6. The van der Waals surface area contributed by atoms with Crippen molar-refractivity contribution in [3.05, 3.63) is 71.4 Å². The number of Topliss-reactive ketones (excluding diaryl/α,β-unsaturated/α-hetero) is 2. The molecule has 1 aliphatic heterocycles. The highest BCUT2D eigenvalue weighted by atomic mass is 19.1. The summed E-state index contributed by atoms with van der Waals surface area (Å²) in [7, 11) is 0. The minimum absolute atomic E-state index is 0.000431. The lowest BCUT2D eigenvalue weighted by molar-refractivity contribution is -0.125. The Labute approximate surface area is 225 Å². The normalized spacial score (nSPS) is 13.5. The summed E-state index contributed by atoms with van der Waals surface area (Å²) in [4.78, 5) is 31.1. The number of carbonyl (C=O) groups excluding carboxylic acids is 2. The maximum atomic E-state index is 13.6. The molecule has 0 N–H and O–H groups in total. The Kier molecular flexibility index (Phi) is 9.48. The molecule has 0 saturated carbocycles. The van der Waals surface area contributed by atoms with Crippen molar-refractivity contribution in [2.75, 3.05) is 13.2 Å². The van der Waals surface area contributed by atoms with E-state index < -0.39 is 23.3 Å². The van der Waals surface area contributed by atoms with E-state index in [1.165, 1.54) is 0 Å². The minimum Gasteiger partial charge on any atom is -0.381 e. The zero-order valence-corrected chi connectivity index (χ0v) is 21.3. The van der Waals surface area contributed by atoms with E-state index in [1.54, 1.807) is 6.92 Å². The maximum Gasteiger partial charge on any atom is 0.234 e. The van der Waals surface area contributed by atoms with Gasteiger partial charge in [-0.05, 0) is 49.2 Å². The first kappa shape index (κ1) is 28.7. The van der Waals surface area contributed by atoms with Gasteiger partial charge in [0.1, 0.15) is 34.8 Å². The molecule has 0 spiro atoms. The van der Waals surface area contributed by atoms with Gasteiger partial charge in [-0.15, -0.1) is 0 Å². The summed E-state index contributed by atoms with van der Waals surface area (Å²) in [6.07, 6.45) is 1.71. The second-order valence-electron chi connectivity index (χ2n) is 8.87. The summed E-state index contributed by atoms with van der Waals surface area (Å²) in [5.74, 6) is -2.55. The number of ether oxygens (including phenoxy) is 1. The number of benzene rings is 2. The Morgan fingerprint density at radius 2 is 1.30 bits per heavy atom. The van der Waals surface area contributed by atoms with Crippen LogP contribution in [-0.4, -0.2) is 45.1 Å². The molecule has 2 aromatic heterocycles. The number of halogens is 4. The molecule has 40 heavy (non-hydrogen) atoms. The van der Waals surface area contributed by atoms with E-state index in [2.05, 4.69) is 20.3 Å². The van der Waals surface area contributed by atoms with Crippen molar-refractivity contribution in [2.45, 2.75) is 39.0 Å². The van der Waals surface area contributed by atoms with Gasteiger partial charge in [0.25, 0.3) is 0 Å². The molecule has 1 saturated heterocycles. The predicted octanol–water partition coefficient (Wildman–Crippen LogP) is 5.09. The average molecular weight is 561 g/mol. The fraction of sp³-hybridized carbons (Fsp3) is 0.333. The van der Waals surface area contributed by atoms with Crippen LogP contribution in [0.3, 0.4) is 0 Å². The van der Waals surface area contributed by atoms with Crippen LogP contribution in [-0.2, 0) is 27.2 Å². The highest BCUT2D eigenvalue weighted by Gasteiger charge is 2.24. The number of rotatable bonds is 8. The summed E-state index contributed by atoms with van der Waals surface area (Å²) >= 11 is 0.